The van der Waals surface area contributed by atoms with Gasteiger partial charge in [-0.15, -0.1) is 12.4 Å². The Bertz CT molecular complexity index is 809. The molecule has 1 saturated heterocycles. The predicted octanol–water partition coefficient (Wildman–Crippen LogP) is 1.76. The number of hydrogen-bond acceptors (Lipinski definition) is 5. The molecule has 1 fully saturated rings. The largest absolute Gasteiger partial charge is 0.497 e. The van der Waals surface area contributed by atoms with Crippen LogP contribution in [0.1, 0.15) is 36.2 Å². The number of aromatic nitrogens is 2. The van der Waals surface area contributed by atoms with Crippen molar-refractivity contribution in [2.45, 2.75) is 31.7 Å². The number of likely N-dealkylation sites (tertiary alicyclic amines) is 1. The van der Waals surface area contributed by atoms with Gasteiger partial charge >= 0.3 is 0 Å². The molecule has 29 heavy (non-hydrogen) atoms. The van der Waals surface area contributed by atoms with Crippen molar-refractivity contribution in [1.82, 2.24) is 20.0 Å². The van der Waals surface area contributed by atoms with Gasteiger partial charge in [-0.25, -0.2) is 4.68 Å². The lowest BCUT2D eigenvalue weighted by Gasteiger charge is -2.35. The summed E-state index contributed by atoms with van der Waals surface area (Å²) in [5, 5.41) is 7.33. The van der Waals surface area contributed by atoms with E-state index >= 15 is 0 Å². The maximum atomic E-state index is 13.0. The lowest BCUT2D eigenvalue weighted by Crippen LogP contribution is -2.49. The third kappa shape index (κ3) is 5.71. The van der Waals surface area contributed by atoms with Gasteiger partial charge in [-0.1, -0.05) is 0 Å². The number of carbonyl (C=O) groups is 2. The zero-order valence-corrected chi connectivity index (χ0v) is 17.4. The maximum absolute atomic E-state index is 13.0. The number of nitrogens with zero attached hydrogens (tertiary/aromatic N) is 3. The van der Waals surface area contributed by atoms with Gasteiger partial charge < -0.3 is 20.7 Å². The first kappa shape index (κ1) is 22.7. The van der Waals surface area contributed by atoms with Gasteiger partial charge in [0.2, 0.25) is 5.91 Å². The van der Waals surface area contributed by atoms with Crippen LogP contribution in [0.4, 0.5) is 0 Å². The van der Waals surface area contributed by atoms with Crippen molar-refractivity contribution in [3.63, 3.8) is 0 Å². The van der Waals surface area contributed by atoms with Crippen LogP contribution < -0.4 is 15.8 Å². The number of benzene rings is 1. The Morgan fingerprint density at radius 3 is 2.69 bits per heavy atom. The topological polar surface area (TPSA) is 102 Å². The number of halogens is 1. The molecule has 2 aromatic rings. The van der Waals surface area contributed by atoms with Crippen molar-refractivity contribution >= 4 is 24.2 Å². The number of nitrogens with two attached hydrogens (primary N) is 1. The molecule has 1 unspecified atom stereocenters. The van der Waals surface area contributed by atoms with E-state index in [2.05, 4.69) is 10.4 Å². The fourth-order valence-electron chi connectivity index (χ4n) is 3.40. The van der Waals surface area contributed by atoms with Gasteiger partial charge in [0.05, 0.1) is 12.8 Å². The lowest BCUT2D eigenvalue weighted by atomic mass is 10.0. The van der Waals surface area contributed by atoms with Crippen LogP contribution in [0.2, 0.25) is 0 Å². The summed E-state index contributed by atoms with van der Waals surface area (Å²) in [6.45, 7) is 1.44. The number of amides is 2. The molecule has 9 heteroatoms. The molecule has 1 aliphatic rings. The normalized spacial score (nSPS) is 16.1. The van der Waals surface area contributed by atoms with Crippen LogP contribution >= 0.6 is 12.4 Å². The zero-order chi connectivity index (χ0) is 19.9. The monoisotopic (exact) mass is 421 g/mol. The number of carbonyl (C=O) groups excluding carboxylic acids is 2. The van der Waals surface area contributed by atoms with Crippen LogP contribution in [0.3, 0.4) is 0 Å². The van der Waals surface area contributed by atoms with Crippen molar-refractivity contribution in [2.75, 3.05) is 26.7 Å². The van der Waals surface area contributed by atoms with Gasteiger partial charge in [0, 0.05) is 38.3 Å². The summed E-state index contributed by atoms with van der Waals surface area (Å²) in [6.07, 6.45) is 4.94. The first-order valence-electron chi connectivity index (χ1n) is 9.60. The Morgan fingerprint density at radius 2 is 2.00 bits per heavy atom. The fourth-order valence-corrected chi connectivity index (χ4v) is 3.40. The molecular formula is C20H28ClN5O3. The summed E-state index contributed by atoms with van der Waals surface area (Å²) < 4.78 is 6.84. The van der Waals surface area contributed by atoms with Gasteiger partial charge in [0.25, 0.3) is 5.91 Å². The Kier molecular flexibility index (Phi) is 8.48. The molecule has 2 amide bonds. The third-order valence-corrected chi connectivity index (χ3v) is 4.94. The average Bonchev–Trinajstić information content (AvgIpc) is 3.22. The number of hydrogen-bond donors (Lipinski definition) is 2. The Morgan fingerprint density at radius 1 is 1.24 bits per heavy atom. The van der Waals surface area contributed by atoms with E-state index in [4.69, 9.17) is 10.5 Å². The van der Waals surface area contributed by atoms with E-state index in [1.807, 2.05) is 29.2 Å². The first-order valence-corrected chi connectivity index (χ1v) is 9.60. The average molecular weight is 422 g/mol. The van der Waals surface area contributed by atoms with Crippen molar-refractivity contribution in [3.05, 3.63) is 42.2 Å². The number of ether oxygens (including phenoxy) is 1. The number of methoxy groups -OCH3 is 1. The van der Waals surface area contributed by atoms with Gasteiger partial charge in [-0.05, 0) is 49.6 Å². The summed E-state index contributed by atoms with van der Waals surface area (Å²) in [5.41, 5.74) is 6.66. The highest BCUT2D eigenvalue weighted by atomic mass is 35.5. The molecule has 0 spiro atoms. The van der Waals surface area contributed by atoms with Crippen molar-refractivity contribution in [1.29, 1.82) is 0 Å². The van der Waals surface area contributed by atoms with Gasteiger partial charge in [-0.2, -0.15) is 5.10 Å². The van der Waals surface area contributed by atoms with E-state index < -0.39 is 0 Å². The molecule has 3 N–H and O–H groups in total. The zero-order valence-electron chi connectivity index (χ0n) is 16.5. The molecule has 8 nitrogen and oxygen atoms in total. The van der Waals surface area contributed by atoms with E-state index in [9.17, 15) is 9.59 Å². The van der Waals surface area contributed by atoms with E-state index in [-0.39, 0.29) is 30.3 Å². The molecule has 0 aliphatic carbocycles. The van der Waals surface area contributed by atoms with Crippen LogP contribution in [-0.2, 0) is 4.79 Å². The molecule has 3 rings (SSSR count). The van der Waals surface area contributed by atoms with E-state index in [1.165, 1.54) is 0 Å². The standard InChI is InChI=1S/C20H27N5O3.ClH/c1-28-17-7-5-15(6-8-17)25-13-10-18(23-25)20(27)24-12-3-2-4-16(24)14-22-19(26)9-11-21;/h5-8,10,13,16H,2-4,9,11-12,14,21H2,1H3,(H,22,26);1H. The maximum Gasteiger partial charge on any atom is 0.274 e. The minimum atomic E-state index is -0.106. The van der Waals surface area contributed by atoms with Crippen molar-refractivity contribution in [2.24, 2.45) is 5.73 Å². The quantitative estimate of drug-likeness (QED) is 0.709. The van der Waals surface area contributed by atoms with Crippen molar-refractivity contribution in [3.8, 4) is 11.4 Å². The highest BCUT2D eigenvalue weighted by Crippen LogP contribution is 2.20. The second-order valence-corrected chi connectivity index (χ2v) is 6.83. The predicted molar refractivity (Wildman–Crippen MR) is 113 cm³/mol. The number of rotatable bonds is 7. The third-order valence-electron chi connectivity index (χ3n) is 4.94. The second-order valence-electron chi connectivity index (χ2n) is 6.83. The van der Waals surface area contributed by atoms with Crippen LogP contribution in [0.5, 0.6) is 5.75 Å². The molecule has 158 valence electrons. The summed E-state index contributed by atoms with van der Waals surface area (Å²) >= 11 is 0. The molecule has 1 aromatic heterocycles. The van der Waals surface area contributed by atoms with Gasteiger partial charge in [-0.3, -0.25) is 9.59 Å². The minimum absolute atomic E-state index is 0. The minimum Gasteiger partial charge on any atom is -0.497 e. The lowest BCUT2D eigenvalue weighted by molar-refractivity contribution is -0.121. The Labute approximate surface area is 176 Å². The molecule has 0 saturated carbocycles. The van der Waals surface area contributed by atoms with E-state index in [0.717, 1.165) is 30.7 Å². The second kappa shape index (κ2) is 10.8. The smallest absolute Gasteiger partial charge is 0.274 e. The Hall–Kier alpha value is -2.58. The van der Waals surface area contributed by atoms with Crippen LogP contribution in [0.25, 0.3) is 5.69 Å². The summed E-state index contributed by atoms with van der Waals surface area (Å²) in [5.74, 6) is 0.578. The van der Waals surface area contributed by atoms with Crippen molar-refractivity contribution < 1.29 is 14.3 Å². The fraction of sp³-hybridized carbons (Fsp3) is 0.450. The molecule has 1 aromatic carbocycles. The van der Waals surface area contributed by atoms with Crippen LogP contribution in [0, 0.1) is 0 Å². The van der Waals surface area contributed by atoms with Gasteiger partial charge in [0.15, 0.2) is 5.69 Å². The Balaban J connectivity index is 0.00000300. The number of nitrogens with one attached hydrogen (secondary N) is 1. The number of piperidine rings is 1. The van der Waals surface area contributed by atoms with E-state index in [0.29, 0.717) is 31.7 Å². The highest BCUT2D eigenvalue weighted by Gasteiger charge is 2.29. The summed E-state index contributed by atoms with van der Waals surface area (Å²) in [4.78, 5) is 26.6. The first-order chi connectivity index (χ1) is 13.6. The molecular weight excluding hydrogens is 394 g/mol. The SMILES string of the molecule is COc1ccc(-n2ccc(C(=O)N3CCCCC3CNC(=O)CCN)n2)cc1.Cl. The van der Waals surface area contributed by atoms with Crippen LogP contribution in [0.15, 0.2) is 36.5 Å². The van der Waals surface area contributed by atoms with E-state index in [1.54, 1.807) is 24.1 Å². The molecule has 1 aliphatic heterocycles. The molecule has 0 radical (unpaired) electrons. The molecule has 2 heterocycles. The molecule has 1 atom stereocenters. The summed E-state index contributed by atoms with van der Waals surface area (Å²) in [7, 11) is 1.62. The summed E-state index contributed by atoms with van der Waals surface area (Å²) in [6, 6.07) is 9.18. The van der Waals surface area contributed by atoms with Gasteiger partial charge in [0.1, 0.15) is 5.75 Å². The highest BCUT2D eigenvalue weighted by molar-refractivity contribution is 5.92. The molecule has 0 bridgehead atoms. The van der Waals surface area contributed by atoms with Crippen LogP contribution in [-0.4, -0.2) is 59.3 Å².